The van der Waals surface area contributed by atoms with E-state index in [0.717, 1.165) is 18.0 Å². The van der Waals surface area contributed by atoms with Gasteiger partial charge >= 0.3 is 0 Å². The summed E-state index contributed by atoms with van der Waals surface area (Å²) in [5.74, 6) is 1.54. The van der Waals surface area contributed by atoms with Gasteiger partial charge in [-0.1, -0.05) is 18.6 Å². The molecule has 0 heterocycles. The molecule has 1 aromatic carbocycles. The summed E-state index contributed by atoms with van der Waals surface area (Å²) in [4.78, 5) is 14.5. The van der Waals surface area contributed by atoms with Crippen LogP contribution in [0.2, 0.25) is 0 Å². The Labute approximate surface area is 119 Å². The number of nitrogens with zero attached hydrogens (tertiary/aromatic N) is 1. The lowest BCUT2D eigenvalue weighted by atomic mass is 9.87. The number of carbonyl (C=O) groups is 1. The van der Waals surface area contributed by atoms with Crippen LogP contribution >= 0.6 is 0 Å². The van der Waals surface area contributed by atoms with Crippen LogP contribution in [0.1, 0.15) is 25.7 Å². The Balaban J connectivity index is 1.83. The summed E-state index contributed by atoms with van der Waals surface area (Å²) in [7, 11) is 0. The predicted molar refractivity (Wildman–Crippen MR) is 79.2 cm³/mol. The standard InChI is InChI=1S/C16H22N2O2/c17-14-3-1-2-4-15(14)18(7-8-19)16(20)13-10-11-5-6-12(13)9-11/h1-4,11-13,19H,5-10,17H2. The lowest BCUT2D eigenvalue weighted by molar-refractivity contribution is -0.124. The van der Waals surface area contributed by atoms with Gasteiger partial charge in [0, 0.05) is 12.5 Å². The van der Waals surface area contributed by atoms with Crippen LogP contribution in [0.5, 0.6) is 0 Å². The van der Waals surface area contributed by atoms with E-state index in [9.17, 15) is 9.90 Å². The number of rotatable bonds is 4. The van der Waals surface area contributed by atoms with E-state index in [1.807, 2.05) is 18.2 Å². The largest absolute Gasteiger partial charge is 0.397 e. The fourth-order valence-corrected chi connectivity index (χ4v) is 3.93. The molecule has 108 valence electrons. The van der Waals surface area contributed by atoms with Crippen LogP contribution in [0.25, 0.3) is 0 Å². The van der Waals surface area contributed by atoms with Crippen molar-refractivity contribution in [2.45, 2.75) is 25.7 Å². The fourth-order valence-electron chi connectivity index (χ4n) is 3.93. The summed E-state index contributed by atoms with van der Waals surface area (Å²) in [5, 5.41) is 9.28. The van der Waals surface area contributed by atoms with Crippen LogP contribution < -0.4 is 10.6 Å². The van der Waals surface area contributed by atoms with Crippen molar-refractivity contribution in [2.75, 3.05) is 23.8 Å². The third kappa shape index (κ3) is 2.29. The number of nitrogen functional groups attached to an aromatic ring is 1. The Morgan fingerprint density at radius 1 is 1.30 bits per heavy atom. The molecule has 0 radical (unpaired) electrons. The summed E-state index contributed by atoms with van der Waals surface area (Å²) in [5.41, 5.74) is 7.31. The molecule has 0 saturated heterocycles. The molecule has 20 heavy (non-hydrogen) atoms. The number of aliphatic hydroxyl groups excluding tert-OH is 1. The molecule has 0 aromatic heterocycles. The molecule has 3 atom stereocenters. The zero-order valence-electron chi connectivity index (χ0n) is 11.7. The number of hydrogen-bond acceptors (Lipinski definition) is 3. The van der Waals surface area contributed by atoms with Gasteiger partial charge in [0.05, 0.1) is 18.0 Å². The first-order chi connectivity index (χ1) is 9.70. The summed E-state index contributed by atoms with van der Waals surface area (Å²) in [6.45, 7) is 0.280. The first-order valence-electron chi connectivity index (χ1n) is 7.47. The van der Waals surface area contributed by atoms with Crippen LogP contribution in [0.15, 0.2) is 24.3 Å². The number of aliphatic hydroxyl groups is 1. The maximum absolute atomic E-state index is 12.8. The number of nitrogens with two attached hydrogens (primary N) is 1. The topological polar surface area (TPSA) is 66.6 Å². The van der Waals surface area contributed by atoms with Crippen LogP contribution in [0.3, 0.4) is 0 Å². The third-order valence-electron chi connectivity index (χ3n) is 4.87. The molecule has 1 amide bonds. The van der Waals surface area contributed by atoms with Gasteiger partial charge in [-0.15, -0.1) is 0 Å². The van der Waals surface area contributed by atoms with Crippen LogP contribution in [-0.2, 0) is 4.79 Å². The molecule has 2 aliphatic carbocycles. The van der Waals surface area contributed by atoms with Crippen molar-refractivity contribution < 1.29 is 9.90 Å². The third-order valence-corrected chi connectivity index (χ3v) is 4.87. The maximum Gasteiger partial charge on any atom is 0.230 e. The number of fused-ring (bicyclic) bond motifs is 2. The normalized spacial score (nSPS) is 27.8. The van der Waals surface area contributed by atoms with Gasteiger partial charge in [0.15, 0.2) is 0 Å². The molecule has 3 unspecified atom stereocenters. The molecular formula is C16H22N2O2. The molecule has 2 aliphatic rings. The molecule has 0 aliphatic heterocycles. The van der Waals surface area contributed by atoms with Gasteiger partial charge in [0.1, 0.15) is 0 Å². The first-order valence-corrected chi connectivity index (χ1v) is 7.47. The quantitative estimate of drug-likeness (QED) is 0.826. The SMILES string of the molecule is Nc1ccccc1N(CCO)C(=O)C1CC2CCC1C2. The van der Waals surface area contributed by atoms with Gasteiger partial charge in [-0.25, -0.2) is 0 Å². The minimum atomic E-state index is -0.0408. The zero-order chi connectivity index (χ0) is 14.1. The van der Waals surface area contributed by atoms with Gasteiger partial charge in [0.25, 0.3) is 0 Å². The van der Waals surface area contributed by atoms with Gasteiger partial charge in [-0.05, 0) is 43.2 Å². The van der Waals surface area contributed by atoms with Gasteiger partial charge in [-0.3, -0.25) is 4.79 Å². The molecule has 4 heteroatoms. The monoisotopic (exact) mass is 274 g/mol. The Morgan fingerprint density at radius 2 is 2.10 bits per heavy atom. The summed E-state index contributed by atoms with van der Waals surface area (Å²) >= 11 is 0. The van der Waals surface area contributed by atoms with Gasteiger partial charge in [0.2, 0.25) is 5.91 Å². The van der Waals surface area contributed by atoms with E-state index in [4.69, 9.17) is 5.73 Å². The van der Waals surface area contributed by atoms with Crippen molar-refractivity contribution in [1.29, 1.82) is 0 Å². The number of carbonyl (C=O) groups excluding carboxylic acids is 1. The van der Waals surface area contributed by atoms with Crippen molar-refractivity contribution in [3.8, 4) is 0 Å². The second-order valence-electron chi connectivity index (χ2n) is 6.05. The Hall–Kier alpha value is -1.55. The molecule has 2 fully saturated rings. The van der Waals surface area contributed by atoms with Crippen molar-refractivity contribution in [3.05, 3.63) is 24.3 Å². The Kier molecular flexibility index (Phi) is 3.66. The van der Waals surface area contributed by atoms with E-state index in [2.05, 4.69) is 0 Å². The molecule has 4 nitrogen and oxygen atoms in total. The highest BCUT2D eigenvalue weighted by molar-refractivity contribution is 5.98. The van der Waals surface area contributed by atoms with E-state index in [-0.39, 0.29) is 18.4 Å². The Morgan fingerprint density at radius 3 is 2.70 bits per heavy atom. The van der Waals surface area contributed by atoms with E-state index in [1.165, 1.54) is 19.3 Å². The number of para-hydroxylation sites is 2. The van der Waals surface area contributed by atoms with Crippen LogP contribution in [0, 0.1) is 17.8 Å². The number of hydrogen-bond donors (Lipinski definition) is 2. The number of anilines is 2. The maximum atomic E-state index is 12.8. The average Bonchev–Trinajstić information content (AvgIpc) is 3.08. The summed E-state index contributed by atoms with van der Waals surface area (Å²) < 4.78 is 0. The van der Waals surface area contributed by atoms with E-state index >= 15 is 0 Å². The van der Waals surface area contributed by atoms with Gasteiger partial charge in [-0.2, -0.15) is 0 Å². The highest BCUT2D eigenvalue weighted by atomic mass is 16.3. The van der Waals surface area contributed by atoms with Gasteiger partial charge < -0.3 is 15.7 Å². The average molecular weight is 274 g/mol. The highest BCUT2D eigenvalue weighted by Crippen LogP contribution is 2.49. The molecule has 2 saturated carbocycles. The summed E-state index contributed by atoms with van der Waals surface area (Å²) in [6, 6.07) is 7.39. The van der Waals surface area contributed by atoms with Crippen molar-refractivity contribution >= 4 is 17.3 Å². The molecule has 3 rings (SSSR count). The number of benzene rings is 1. The first kappa shape index (κ1) is 13.4. The number of amides is 1. The lowest BCUT2D eigenvalue weighted by Gasteiger charge is -2.29. The second kappa shape index (κ2) is 5.44. The second-order valence-corrected chi connectivity index (χ2v) is 6.05. The molecule has 0 spiro atoms. The molecule has 1 aromatic rings. The van der Waals surface area contributed by atoms with E-state index in [0.29, 0.717) is 18.2 Å². The molecular weight excluding hydrogens is 252 g/mol. The Bertz CT molecular complexity index is 503. The summed E-state index contributed by atoms with van der Waals surface area (Å²) in [6.07, 6.45) is 4.67. The van der Waals surface area contributed by atoms with Crippen molar-refractivity contribution in [3.63, 3.8) is 0 Å². The van der Waals surface area contributed by atoms with Crippen molar-refractivity contribution in [2.24, 2.45) is 17.8 Å². The predicted octanol–water partition coefficient (Wildman–Crippen LogP) is 2.03. The van der Waals surface area contributed by atoms with Crippen LogP contribution in [-0.4, -0.2) is 24.2 Å². The molecule has 2 bridgehead atoms. The highest BCUT2D eigenvalue weighted by Gasteiger charge is 2.44. The van der Waals surface area contributed by atoms with Crippen LogP contribution in [0.4, 0.5) is 11.4 Å². The minimum Gasteiger partial charge on any atom is -0.397 e. The van der Waals surface area contributed by atoms with Crippen molar-refractivity contribution in [1.82, 2.24) is 0 Å². The van der Waals surface area contributed by atoms with E-state index < -0.39 is 0 Å². The fraction of sp³-hybridized carbons (Fsp3) is 0.562. The van der Waals surface area contributed by atoms with E-state index in [1.54, 1.807) is 11.0 Å². The lowest BCUT2D eigenvalue weighted by Crippen LogP contribution is -2.40. The minimum absolute atomic E-state index is 0.0408. The zero-order valence-corrected chi connectivity index (χ0v) is 11.7. The smallest absolute Gasteiger partial charge is 0.230 e. The molecule has 3 N–H and O–H groups in total.